The minimum Gasteiger partial charge on any atom is -0.466 e. The second-order valence-electron chi connectivity index (χ2n) is 26.0. The van der Waals surface area contributed by atoms with E-state index in [1.165, 1.54) is 334 Å². The third-order valence-corrected chi connectivity index (χ3v) is 17.7. The molecule has 0 aromatic rings. The molecule has 0 saturated carbocycles. The largest absolute Gasteiger partial charge is 0.466 e. The van der Waals surface area contributed by atoms with Crippen LogP contribution in [0.5, 0.6) is 0 Å². The molecule has 490 valence electrons. The summed E-state index contributed by atoms with van der Waals surface area (Å²) < 4.78 is 5.51. The zero-order valence-electron chi connectivity index (χ0n) is 56.2. The van der Waals surface area contributed by atoms with E-state index in [-0.39, 0.29) is 18.5 Å². The number of hydrogen-bond acceptors (Lipinski definition) is 5. The van der Waals surface area contributed by atoms with Gasteiger partial charge in [0.1, 0.15) is 0 Å². The summed E-state index contributed by atoms with van der Waals surface area (Å²) in [6.45, 7) is 4.96. The zero-order chi connectivity index (χ0) is 59.9. The van der Waals surface area contributed by atoms with Crippen molar-refractivity contribution < 1.29 is 24.5 Å². The number of carbonyl (C=O) groups is 2. The highest BCUT2D eigenvalue weighted by Gasteiger charge is 2.20. The number of allylic oxidation sites excluding steroid dienone is 6. The van der Waals surface area contributed by atoms with Crippen LogP contribution >= 0.6 is 0 Å². The SMILES string of the molecule is CCCCC/C=C\C/C=C\CCCCCCCCCCCC(=O)OCCCCCCCCCCCCCC/C=C\CCCCCCCCCC(=O)NC(CO)C(O)CCCCCCCCCCCCCCCCCCCCCCCCCC. The fraction of sp³-hybridized carbons (Fsp3) is 0.896. The molecular formula is C77H147NO5. The molecule has 0 saturated heterocycles. The van der Waals surface area contributed by atoms with Crippen LogP contribution in [0.1, 0.15) is 418 Å². The van der Waals surface area contributed by atoms with E-state index >= 15 is 0 Å². The summed E-state index contributed by atoms with van der Waals surface area (Å²) >= 11 is 0. The summed E-state index contributed by atoms with van der Waals surface area (Å²) in [5.41, 5.74) is 0. The first-order valence-corrected chi connectivity index (χ1v) is 37.7. The normalized spacial score (nSPS) is 12.7. The number of nitrogens with one attached hydrogen (secondary N) is 1. The summed E-state index contributed by atoms with van der Waals surface area (Å²) in [6, 6.07) is -0.548. The van der Waals surface area contributed by atoms with E-state index in [1.807, 2.05) is 0 Å². The van der Waals surface area contributed by atoms with Gasteiger partial charge in [0.2, 0.25) is 5.91 Å². The Morgan fingerprint density at radius 2 is 0.602 bits per heavy atom. The Hall–Kier alpha value is -1.92. The number of carbonyl (C=O) groups excluding carboxylic acids is 2. The average Bonchev–Trinajstić information content (AvgIpc) is 3.49. The Labute approximate surface area is 519 Å². The highest BCUT2D eigenvalue weighted by Crippen LogP contribution is 2.19. The molecule has 6 heteroatoms. The van der Waals surface area contributed by atoms with Crippen LogP contribution in [0, 0.1) is 0 Å². The van der Waals surface area contributed by atoms with Crippen molar-refractivity contribution in [1.82, 2.24) is 5.32 Å². The second kappa shape index (κ2) is 72.6. The van der Waals surface area contributed by atoms with Gasteiger partial charge in [-0.15, -0.1) is 0 Å². The van der Waals surface area contributed by atoms with Gasteiger partial charge in [0.05, 0.1) is 25.4 Å². The van der Waals surface area contributed by atoms with Crippen molar-refractivity contribution in [2.75, 3.05) is 13.2 Å². The highest BCUT2D eigenvalue weighted by molar-refractivity contribution is 5.76. The molecule has 0 bridgehead atoms. The molecule has 0 aromatic heterocycles. The number of aliphatic hydroxyl groups is 2. The van der Waals surface area contributed by atoms with Gasteiger partial charge in [0.15, 0.2) is 0 Å². The van der Waals surface area contributed by atoms with Crippen molar-refractivity contribution >= 4 is 11.9 Å². The van der Waals surface area contributed by atoms with Crippen molar-refractivity contribution in [3.05, 3.63) is 36.5 Å². The topological polar surface area (TPSA) is 95.9 Å². The van der Waals surface area contributed by atoms with Gasteiger partial charge in [0.25, 0.3) is 0 Å². The fourth-order valence-electron chi connectivity index (χ4n) is 11.9. The van der Waals surface area contributed by atoms with E-state index in [1.54, 1.807) is 0 Å². The van der Waals surface area contributed by atoms with Crippen LogP contribution in [0.25, 0.3) is 0 Å². The van der Waals surface area contributed by atoms with E-state index in [9.17, 15) is 19.8 Å². The average molecular weight is 1170 g/mol. The van der Waals surface area contributed by atoms with Crippen molar-refractivity contribution in [1.29, 1.82) is 0 Å². The summed E-state index contributed by atoms with van der Waals surface area (Å²) in [7, 11) is 0. The van der Waals surface area contributed by atoms with Gasteiger partial charge in [-0.2, -0.15) is 0 Å². The summed E-state index contributed by atoms with van der Waals surface area (Å²) in [6.07, 6.45) is 93.5. The van der Waals surface area contributed by atoms with Crippen molar-refractivity contribution in [2.45, 2.75) is 431 Å². The lowest BCUT2D eigenvalue weighted by Crippen LogP contribution is -2.45. The van der Waals surface area contributed by atoms with Gasteiger partial charge < -0.3 is 20.3 Å². The predicted molar refractivity (Wildman–Crippen MR) is 366 cm³/mol. The highest BCUT2D eigenvalue weighted by atomic mass is 16.5. The van der Waals surface area contributed by atoms with Gasteiger partial charge in [-0.05, 0) is 83.5 Å². The van der Waals surface area contributed by atoms with Gasteiger partial charge in [-0.25, -0.2) is 0 Å². The standard InChI is InChI=1S/C77H147NO5/c1-3-5-7-9-11-13-15-17-19-21-23-24-25-27-30-34-37-41-45-49-53-57-61-65-69-75(80)74(73-79)78-76(81)70-66-62-58-54-50-46-42-38-35-31-28-26-29-32-36-40-44-48-52-56-60-64-68-72-83-77(82)71-67-63-59-55-51-47-43-39-33-22-20-18-16-14-12-10-8-6-4-2/h12,14,18,20,31,35,74-75,79-80H,3-11,13,15-17,19,21-30,32-34,36-73H2,1-2H3,(H,78,81)/b14-12-,20-18-,35-31-. The molecule has 0 rings (SSSR count). The maximum Gasteiger partial charge on any atom is 0.305 e. The van der Waals surface area contributed by atoms with Gasteiger partial charge >= 0.3 is 5.97 Å². The third kappa shape index (κ3) is 69.1. The monoisotopic (exact) mass is 1170 g/mol. The minimum absolute atomic E-state index is 0.00868. The smallest absolute Gasteiger partial charge is 0.305 e. The molecule has 0 aliphatic rings. The lowest BCUT2D eigenvalue weighted by molar-refractivity contribution is -0.143. The first-order valence-electron chi connectivity index (χ1n) is 37.7. The number of ether oxygens (including phenoxy) is 1. The maximum absolute atomic E-state index is 12.6. The lowest BCUT2D eigenvalue weighted by atomic mass is 10.0. The molecule has 0 radical (unpaired) electrons. The molecule has 0 aromatic carbocycles. The number of amides is 1. The number of aliphatic hydroxyl groups excluding tert-OH is 2. The van der Waals surface area contributed by atoms with Crippen molar-refractivity contribution in [2.24, 2.45) is 0 Å². The molecule has 2 atom stereocenters. The summed E-state index contributed by atoms with van der Waals surface area (Å²) in [5, 5.41) is 23.5. The van der Waals surface area contributed by atoms with E-state index in [2.05, 4.69) is 55.6 Å². The number of hydrogen-bond donors (Lipinski definition) is 3. The predicted octanol–water partition coefficient (Wildman–Crippen LogP) is 24.7. The number of unbranched alkanes of at least 4 members (excludes halogenated alkanes) is 54. The molecule has 2 unspecified atom stereocenters. The molecule has 0 spiro atoms. The van der Waals surface area contributed by atoms with Gasteiger partial charge in [-0.3, -0.25) is 9.59 Å². The Morgan fingerprint density at radius 3 is 0.952 bits per heavy atom. The lowest BCUT2D eigenvalue weighted by Gasteiger charge is -2.22. The van der Waals surface area contributed by atoms with Crippen LogP contribution in [0.3, 0.4) is 0 Å². The molecule has 6 nitrogen and oxygen atoms in total. The first-order chi connectivity index (χ1) is 41.0. The number of rotatable bonds is 71. The van der Waals surface area contributed by atoms with E-state index < -0.39 is 12.1 Å². The molecule has 0 aliphatic heterocycles. The number of esters is 1. The maximum atomic E-state index is 12.6. The third-order valence-electron chi connectivity index (χ3n) is 17.7. The van der Waals surface area contributed by atoms with Crippen molar-refractivity contribution in [3.8, 4) is 0 Å². The molecule has 0 fully saturated rings. The van der Waals surface area contributed by atoms with Crippen LogP contribution in [-0.2, 0) is 14.3 Å². The van der Waals surface area contributed by atoms with Gasteiger partial charge in [0, 0.05) is 12.8 Å². The summed E-state index contributed by atoms with van der Waals surface area (Å²) in [5.74, 6) is -0.0280. The summed E-state index contributed by atoms with van der Waals surface area (Å²) in [4.78, 5) is 24.7. The Bertz CT molecular complexity index is 1340. The fourth-order valence-corrected chi connectivity index (χ4v) is 11.9. The van der Waals surface area contributed by atoms with E-state index in [0.717, 1.165) is 51.4 Å². The molecular weight excluding hydrogens is 1020 g/mol. The quantitative estimate of drug-likeness (QED) is 0.0320. The van der Waals surface area contributed by atoms with Crippen LogP contribution in [0.4, 0.5) is 0 Å². The van der Waals surface area contributed by atoms with E-state index in [4.69, 9.17) is 4.74 Å². The molecule has 0 aliphatic carbocycles. The van der Waals surface area contributed by atoms with Gasteiger partial charge in [-0.1, -0.05) is 359 Å². The van der Waals surface area contributed by atoms with Crippen LogP contribution < -0.4 is 5.32 Å². The first kappa shape index (κ1) is 81.1. The van der Waals surface area contributed by atoms with Crippen LogP contribution in [0.2, 0.25) is 0 Å². The molecule has 83 heavy (non-hydrogen) atoms. The Morgan fingerprint density at radius 1 is 0.337 bits per heavy atom. The van der Waals surface area contributed by atoms with E-state index in [0.29, 0.717) is 25.9 Å². The molecule has 3 N–H and O–H groups in total. The van der Waals surface area contributed by atoms with Crippen LogP contribution in [-0.4, -0.2) is 47.4 Å². The molecule has 0 heterocycles. The van der Waals surface area contributed by atoms with Crippen molar-refractivity contribution in [3.63, 3.8) is 0 Å². The Balaban J connectivity index is 3.40. The zero-order valence-corrected chi connectivity index (χ0v) is 56.2. The Kier molecular flexibility index (Phi) is 70.9. The van der Waals surface area contributed by atoms with Crippen LogP contribution in [0.15, 0.2) is 36.5 Å². The second-order valence-corrected chi connectivity index (χ2v) is 26.0. The molecule has 1 amide bonds. The minimum atomic E-state index is -0.670.